The maximum absolute atomic E-state index is 13.1. The molecule has 4 aromatic rings. The molecule has 3 heterocycles. The summed E-state index contributed by atoms with van der Waals surface area (Å²) in [4.78, 5) is 46.3. The Hall–Kier alpha value is -3.91. The van der Waals surface area contributed by atoms with Gasteiger partial charge < -0.3 is 4.57 Å². The Bertz CT molecular complexity index is 1520. The molecule has 2 aromatic heterocycles. The maximum Gasteiger partial charge on any atom is 0.332 e. The van der Waals surface area contributed by atoms with Crippen molar-refractivity contribution in [2.45, 2.75) is 29.3 Å². The third kappa shape index (κ3) is 3.44. The molecule has 0 N–H and O–H groups in total. The molecule has 36 heavy (non-hydrogen) atoms. The molecule has 0 saturated carbocycles. The van der Waals surface area contributed by atoms with Gasteiger partial charge >= 0.3 is 6.03 Å². The first-order valence-corrected chi connectivity index (χ1v) is 12.6. The standard InChI is InChI=1S/C28H24N4O3S/c1-30-25(33)28(26(34)31(2)27(30)35)13-19-12-24(29-15-20(19)14-28)36-23-17-32(16-18-8-4-3-5-9-18)22-11-7-6-10-21(22)23/h3-12,15,17H,13-14,16H2,1-2H3. The van der Waals surface area contributed by atoms with Crippen LogP contribution in [0.5, 0.6) is 0 Å². The number of barbiturate groups is 1. The first kappa shape index (κ1) is 22.5. The highest BCUT2D eigenvalue weighted by Crippen LogP contribution is 2.43. The summed E-state index contributed by atoms with van der Waals surface area (Å²) in [6, 6.07) is 20.1. The predicted octanol–water partition coefficient (Wildman–Crippen LogP) is 4.37. The number of carbonyl (C=O) groups is 3. The van der Waals surface area contributed by atoms with Crippen molar-refractivity contribution in [1.29, 1.82) is 0 Å². The minimum Gasteiger partial charge on any atom is -0.342 e. The highest BCUT2D eigenvalue weighted by Gasteiger charge is 2.58. The average molecular weight is 497 g/mol. The second-order valence-corrected chi connectivity index (χ2v) is 10.5. The molecule has 6 rings (SSSR count). The van der Waals surface area contributed by atoms with Gasteiger partial charge in [-0.1, -0.05) is 60.3 Å². The van der Waals surface area contributed by atoms with E-state index >= 15 is 0 Å². The van der Waals surface area contributed by atoms with Crippen LogP contribution in [0.4, 0.5) is 4.79 Å². The zero-order valence-corrected chi connectivity index (χ0v) is 20.8. The number of nitrogens with zero attached hydrogens (tertiary/aromatic N) is 4. The molecule has 7 nitrogen and oxygen atoms in total. The fraction of sp³-hybridized carbons (Fsp3) is 0.214. The van der Waals surface area contributed by atoms with Gasteiger partial charge in [0.25, 0.3) is 0 Å². The van der Waals surface area contributed by atoms with Gasteiger partial charge in [0.15, 0.2) is 0 Å². The number of aromatic nitrogens is 2. The van der Waals surface area contributed by atoms with E-state index in [-0.39, 0.29) is 12.8 Å². The van der Waals surface area contributed by atoms with Crippen molar-refractivity contribution >= 4 is 40.5 Å². The summed E-state index contributed by atoms with van der Waals surface area (Å²) in [6.07, 6.45) is 4.46. The number of fused-ring (bicyclic) bond motifs is 2. The topological polar surface area (TPSA) is 75.5 Å². The van der Waals surface area contributed by atoms with Crippen LogP contribution in [-0.2, 0) is 29.0 Å². The summed E-state index contributed by atoms with van der Waals surface area (Å²) < 4.78 is 2.25. The zero-order chi connectivity index (χ0) is 25.0. The molecule has 2 aliphatic rings. The minimum absolute atomic E-state index is 0.260. The fourth-order valence-corrected chi connectivity index (χ4v) is 6.34. The molecule has 1 spiro atoms. The Morgan fingerprint density at radius 2 is 1.56 bits per heavy atom. The molecule has 1 aliphatic carbocycles. The van der Waals surface area contributed by atoms with Gasteiger partial charge in [0, 0.05) is 48.8 Å². The Morgan fingerprint density at radius 3 is 2.31 bits per heavy atom. The molecule has 0 unspecified atom stereocenters. The van der Waals surface area contributed by atoms with Crippen LogP contribution in [0.1, 0.15) is 16.7 Å². The van der Waals surface area contributed by atoms with E-state index in [0.717, 1.165) is 48.3 Å². The molecule has 2 aromatic carbocycles. The van der Waals surface area contributed by atoms with Crippen LogP contribution in [0.2, 0.25) is 0 Å². The molecule has 4 amide bonds. The van der Waals surface area contributed by atoms with Crippen LogP contribution < -0.4 is 0 Å². The van der Waals surface area contributed by atoms with Crippen LogP contribution in [-0.4, -0.2) is 51.3 Å². The van der Waals surface area contributed by atoms with E-state index in [9.17, 15) is 14.4 Å². The maximum atomic E-state index is 13.1. The van der Waals surface area contributed by atoms with E-state index < -0.39 is 23.3 Å². The van der Waals surface area contributed by atoms with Crippen molar-refractivity contribution in [1.82, 2.24) is 19.4 Å². The zero-order valence-electron chi connectivity index (χ0n) is 20.0. The first-order chi connectivity index (χ1) is 17.4. The van der Waals surface area contributed by atoms with Gasteiger partial charge in [-0.2, -0.15) is 0 Å². The van der Waals surface area contributed by atoms with Gasteiger partial charge in [-0.25, -0.2) is 9.78 Å². The Kier molecular flexibility index (Phi) is 5.22. The second-order valence-electron chi connectivity index (χ2n) is 9.46. The van der Waals surface area contributed by atoms with Gasteiger partial charge in [0.05, 0.1) is 0 Å². The normalized spacial score (nSPS) is 16.9. The van der Waals surface area contributed by atoms with Crippen molar-refractivity contribution in [3.63, 3.8) is 0 Å². The van der Waals surface area contributed by atoms with Crippen molar-refractivity contribution < 1.29 is 14.4 Å². The molecule has 8 heteroatoms. The number of hydrogen-bond donors (Lipinski definition) is 0. The van der Waals surface area contributed by atoms with Crippen molar-refractivity contribution in [3.8, 4) is 0 Å². The highest BCUT2D eigenvalue weighted by molar-refractivity contribution is 7.99. The van der Waals surface area contributed by atoms with Crippen LogP contribution in [0.15, 0.2) is 83.0 Å². The first-order valence-electron chi connectivity index (χ1n) is 11.7. The highest BCUT2D eigenvalue weighted by atomic mass is 32.2. The summed E-state index contributed by atoms with van der Waals surface area (Å²) in [7, 11) is 2.87. The quantitative estimate of drug-likeness (QED) is 0.392. The summed E-state index contributed by atoms with van der Waals surface area (Å²) in [5.74, 6) is -0.880. The fourth-order valence-electron chi connectivity index (χ4n) is 5.35. The second kappa shape index (κ2) is 8.34. The van der Waals surface area contributed by atoms with Crippen LogP contribution in [0, 0.1) is 5.41 Å². The largest absolute Gasteiger partial charge is 0.342 e. The molecular weight excluding hydrogens is 472 g/mol. The Labute approximate surface area is 212 Å². The Morgan fingerprint density at radius 1 is 0.889 bits per heavy atom. The third-order valence-corrected chi connectivity index (χ3v) is 8.18. The molecule has 1 aliphatic heterocycles. The SMILES string of the molecule is CN1C(=O)N(C)C(=O)C2(Cc3cnc(Sc4cn(Cc5ccccc5)c5ccccc45)cc3C2)C1=O. The minimum atomic E-state index is -1.27. The number of carbonyl (C=O) groups excluding carboxylic acids is 3. The number of urea groups is 1. The van der Waals surface area contributed by atoms with Crippen molar-refractivity contribution in [2.75, 3.05) is 14.1 Å². The number of rotatable bonds is 4. The van der Waals surface area contributed by atoms with Gasteiger partial charge in [0.2, 0.25) is 11.8 Å². The van der Waals surface area contributed by atoms with Crippen LogP contribution in [0.3, 0.4) is 0 Å². The van der Waals surface area contributed by atoms with Gasteiger partial charge in [-0.15, -0.1) is 0 Å². The van der Waals surface area contributed by atoms with E-state index in [1.54, 1.807) is 18.0 Å². The lowest BCUT2D eigenvalue weighted by atomic mass is 9.80. The van der Waals surface area contributed by atoms with E-state index in [4.69, 9.17) is 0 Å². The van der Waals surface area contributed by atoms with Crippen molar-refractivity contribution in [3.05, 3.63) is 89.7 Å². The molecule has 0 radical (unpaired) electrons. The lowest BCUT2D eigenvalue weighted by molar-refractivity contribution is -0.156. The number of benzene rings is 2. The summed E-state index contributed by atoms with van der Waals surface area (Å²) in [6.45, 7) is 0.770. The summed E-state index contributed by atoms with van der Waals surface area (Å²) in [5.41, 5.74) is 2.92. The number of hydrogen-bond acceptors (Lipinski definition) is 5. The smallest absolute Gasteiger partial charge is 0.332 e. The molecular formula is C28H24N4O3S. The average Bonchev–Trinajstić information content (AvgIpc) is 3.45. The summed E-state index contributed by atoms with van der Waals surface area (Å²) in [5, 5.41) is 1.96. The number of amides is 4. The van der Waals surface area contributed by atoms with Gasteiger partial charge in [-0.3, -0.25) is 19.4 Å². The predicted molar refractivity (Wildman–Crippen MR) is 137 cm³/mol. The lowest BCUT2D eigenvalue weighted by Gasteiger charge is -2.39. The van der Waals surface area contributed by atoms with E-state index in [2.05, 4.69) is 40.0 Å². The lowest BCUT2D eigenvalue weighted by Crippen LogP contribution is -2.63. The number of pyridine rings is 1. The van der Waals surface area contributed by atoms with Crippen molar-refractivity contribution in [2.24, 2.45) is 5.41 Å². The van der Waals surface area contributed by atoms with Gasteiger partial charge in [-0.05, 0) is 41.7 Å². The molecule has 180 valence electrons. The molecule has 1 saturated heterocycles. The van der Waals surface area contributed by atoms with Crippen LogP contribution in [0.25, 0.3) is 10.9 Å². The number of para-hydroxylation sites is 1. The molecule has 0 atom stereocenters. The molecule has 0 bridgehead atoms. The monoisotopic (exact) mass is 496 g/mol. The third-order valence-electron chi connectivity index (χ3n) is 7.21. The Balaban J connectivity index is 1.31. The van der Waals surface area contributed by atoms with Crippen LogP contribution >= 0.6 is 11.8 Å². The van der Waals surface area contributed by atoms with E-state index in [1.165, 1.54) is 19.7 Å². The molecule has 1 fully saturated rings. The number of imide groups is 2. The van der Waals surface area contributed by atoms with Gasteiger partial charge in [0.1, 0.15) is 10.4 Å². The summed E-state index contributed by atoms with van der Waals surface area (Å²) >= 11 is 1.58. The van der Waals surface area contributed by atoms with E-state index in [0.29, 0.717) is 0 Å². The van der Waals surface area contributed by atoms with E-state index in [1.807, 2.05) is 36.4 Å².